The minimum Gasteiger partial charge on any atom is -0.465 e. The van der Waals surface area contributed by atoms with Gasteiger partial charge in [0.2, 0.25) is 5.91 Å². The summed E-state index contributed by atoms with van der Waals surface area (Å²) in [5.74, 6) is 0.122. The zero-order valence-corrected chi connectivity index (χ0v) is 22.6. The lowest BCUT2D eigenvalue weighted by Crippen LogP contribution is -2.16. The summed E-state index contributed by atoms with van der Waals surface area (Å²) in [4.78, 5) is 25.3. The molecule has 11 heteroatoms. The van der Waals surface area contributed by atoms with E-state index < -0.39 is 5.97 Å². The third kappa shape index (κ3) is 6.10. The molecule has 4 rings (SSSR count). The van der Waals surface area contributed by atoms with E-state index in [-0.39, 0.29) is 11.7 Å². The molecule has 1 N–H and O–H groups in total. The predicted octanol–water partition coefficient (Wildman–Crippen LogP) is 6.44. The number of halogens is 2. The molecule has 0 spiro atoms. The standard InChI is InChI=1S/C25H22Cl2N4O3S2/c1-3-31-20(12-15-4-8-17(26)9-5-15)29-30-25(31)36-14-21(32)28-23-22(24(33)34-2)19(13-35-23)16-6-10-18(27)11-7-16/h4-11,13H,3,12,14H2,1-2H3,(H,28,32). The number of carbonyl (C=O) groups excluding carboxylic acids is 2. The average molecular weight is 562 g/mol. The Morgan fingerprint density at radius 2 is 1.72 bits per heavy atom. The number of anilines is 1. The van der Waals surface area contributed by atoms with Gasteiger partial charge < -0.3 is 14.6 Å². The predicted molar refractivity (Wildman–Crippen MR) is 145 cm³/mol. The number of benzene rings is 2. The molecule has 4 aromatic rings. The topological polar surface area (TPSA) is 86.1 Å². The number of ether oxygens (including phenoxy) is 1. The van der Waals surface area contributed by atoms with Gasteiger partial charge in [-0.2, -0.15) is 0 Å². The van der Waals surface area contributed by atoms with Crippen LogP contribution in [0.3, 0.4) is 0 Å². The average Bonchev–Trinajstić information content (AvgIpc) is 3.47. The number of hydrogen-bond donors (Lipinski definition) is 1. The Labute approximate surface area is 226 Å². The van der Waals surface area contributed by atoms with Crippen LogP contribution in [0.25, 0.3) is 11.1 Å². The molecule has 186 valence electrons. The van der Waals surface area contributed by atoms with Crippen molar-refractivity contribution in [1.82, 2.24) is 14.8 Å². The highest BCUT2D eigenvalue weighted by Gasteiger charge is 2.23. The number of aromatic nitrogens is 3. The number of methoxy groups -OCH3 is 1. The van der Waals surface area contributed by atoms with Crippen LogP contribution in [0.2, 0.25) is 10.0 Å². The van der Waals surface area contributed by atoms with Crippen LogP contribution in [0.1, 0.15) is 28.7 Å². The van der Waals surface area contributed by atoms with E-state index in [1.165, 1.54) is 30.2 Å². The van der Waals surface area contributed by atoms with E-state index in [0.29, 0.717) is 44.3 Å². The smallest absolute Gasteiger partial charge is 0.341 e. The highest BCUT2D eigenvalue weighted by molar-refractivity contribution is 7.99. The number of carbonyl (C=O) groups is 2. The molecule has 0 fully saturated rings. The van der Waals surface area contributed by atoms with Crippen LogP contribution in [0.15, 0.2) is 59.1 Å². The Morgan fingerprint density at radius 3 is 2.36 bits per heavy atom. The summed E-state index contributed by atoms with van der Waals surface area (Å²) < 4.78 is 6.96. The number of rotatable bonds is 9. The second-order valence-electron chi connectivity index (χ2n) is 7.64. The van der Waals surface area contributed by atoms with Crippen LogP contribution >= 0.6 is 46.3 Å². The maximum absolute atomic E-state index is 12.8. The molecule has 2 aromatic carbocycles. The molecule has 0 unspecified atom stereocenters. The Bertz CT molecular complexity index is 1370. The molecule has 0 radical (unpaired) electrons. The Kier molecular flexibility index (Phi) is 8.68. The third-order valence-electron chi connectivity index (χ3n) is 5.31. The molecule has 36 heavy (non-hydrogen) atoms. The van der Waals surface area contributed by atoms with Crippen LogP contribution in [0, 0.1) is 0 Å². The minimum absolute atomic E-state index is 0.105. The fourth-order valence-corrected chi connectivity index (χ4v) is 5.60. The van der Waals surface area contributed by atoms with E-state index >= 15 is 0 Å². The van der Waals surface area contributed by atoms with Crippen molar-refractivity contribution in [2.75, 3.05) is 18.2 Å². The molecular formula is C25H22Cl2N4O3S2. The molecule has 0 atom stereocenters. The molecule has 0 bridgehead atoms. The highest BCUT2D eigenvalue weighted by atomic mass is 35.5. The highest BCUT2D eigenvalue weighted by Crippen LogP contribution is 2.36. The van der Waals surface area contributed by atoms with E-state index in [2.05, 4.69) is 15.5 Å². The van der Waals surface area contributed by atoms with Crippen molar-refractivity contribution in [2.45, 2.75) is 25.0 Å². The summed E-state index contributed by atoms with van der Waals surface area (Å²) >= 11 is 14.5. The Hall–Kier alpha value is -2.85. The lowest BCUT2D eigenvalue weighted by molar-refractivity contribution is -0.113. The van der Waals surface area contributed by atoms with E-state index in [1.54, 1.807) is 12.1 Å². The van der Waals surface area contributed by atoms with Crippen molar-refractivity contribution in [3.05, 3.63) is 80.9 Å². The van der Waals surface area contributed by atoms with Gasteiger partial charge in [-0.15, -0.1) is 21.5 Å². The summed E-state index contributed by atoms with van der Waals surface area (Å²) in [5, 5.41) is 15.6. The number of amides is 1. The van der Waals surface area contributed by atoms with Crippen LogP contribution in [-0.2, 0) is 22.5 Å². The molecule has 0 saturated heterocycles. The van der Waals surface area contributed by atoms with Crippen LogP contribution in [-0.4, -0.2) is 39.5 Å². The van der Waals surface area contributed by atoms with E-state index in [9.17, 15) is 9.59 Å². The lowest BCUT2D eigenvalue weighted by Gasteiger charge is -2.09. The number of nitrogens with zero attached hydrogens (tertiary/aromatic N) is 3. The molecule has 1 amide bonds. The minimum atomic E-state index is -0.526. The van der Waals surface area contributed by atoms with E-state index in [0.717, 1.165) is 17.0 Å². The Morgan fingerprint density at radius 1 is 1.06 bits per heavy atom. The molecular weight excluding hydrogens is 539 g/mol. The van der Waals surface area contributed by atoms with Gasteiger partial charge in [0.05, 0.1) is 12.9 Å². The molecule has 0 saturated carbocycles. The number of esters is 1. The zero-order valence-electron chi connectivity index (χ0n) is 19.5. The number of hydrogen-bond acceptors (Lipinski definition) is 7. The largest absolute Gasteiger partial charge is 0.465 e. The van der Waals surface area contributed by atoms with Crippen LogP contribution in [0.4, 0.5) is 5.00 Å². The van der Waals surface area contributed by atoms with E-state index in [4.69, 9.17) is 27.9 Å². The van der Waals surface area contributed by atoms with Gasteiger partial charge in [0.25, 0.3) is 0 Å². The van der Waals surface area contributed by atoms with Crippen molar-refractivity contribution in [3.8, 4) is 11.1 Å². The maximum atomic E-state index is 12.8. The quantitative estimate of drug-likeness (QED) is 0.187. The van der Waals surface area contributed by atoms with Gasteiger partial charge in [0.1, 0.15) is 16.4 Å². The lowest BCUT2D eigenvalue weighted by atomic mass is 10.0. The van der Waals surface area contributed by atoms with Crippen LogP contribution < -0.4 is 5.32 Å². The molecule has 2 aromatic heterocycles. The normalized spacial score (nSPS) is 10.9. The maximum Gasteiger partial charge on any atom is 0.341 e. The second-order valence-corrected chi connectivity index (χ2v) is 10.3. The van der Waals surface area contributed by atoms with Crippen LogP contribution in [0.5, 0.6) is 0 Å². The van der Waals surface area contributed by atoms with Gasteiger partial charge in [-0.3, -0.25) is 4.79 Å². The van der Waals surface area contributed by atoms with Crippen molar-refractivity contribution >= 4 is 63.2 Å². The molecule has 0 aliphatic rings. The summed E-state index contributed by atoms with van der Waals surface area (Å²) in [6.07, 6.45) is 0.607. The van der Waals surface area contributed by atoms with Gasteiger partial charge in [-0.1, -0.05) is 59.2 Å². The summed E-state index contributed by atoms with van der Waals surface area (Å²) in [5.41, 5.74) is 2.85. The van der Waals surface area contributed by atoms with Gasteiger partial charge in [-0.05, 0) is 42.3 Å². The SMILES string of the molecule is CCn1c(Cc2ccc(Cl)cc2)nnc1SCC(=O)Nc1scc(-c2ccc(Cl)cc2)c1C(=O)OC. The summed E-state index contributed by atoms with van der Waals surface area (Å²) in [6, 6.07) is 14.7. The van der Waals surface area contributed by atoms with Gasteiger partial charge >= 0.3 is 5.97 Å². The first-order valence-corrected chi connectivity index (χ1v) is 13.6. The first-order chi connectivity index (χ1) is 17.4. The van der Waals surface area contributed by atoms with Gasteiger partial charge in [-0.25, -0.2) is 4.79 Å². The van der Waals surface area contributed by atoms with E-state index in [1.807, 2.05) is 53.3 Å². The molecule has 0 aliphatic carbocycles. The monoisotopic (exact) mass is 560 g/mol. The first-order valence-electron chi connectivity index (χ1n) is 10.9. The summed E-state index contributed by atoms with van der Waals surface area (Å²) in [7, 11) is 1.31. The second kappa shape index (κ2) is 11.9. The fourth-order valence-electron chi connectivity index (χ4n) is 3.55. The number of thiophene rings is 1. The number of nitrogens with one attached hydrogen (secondary N) is 1. The zero-order chi connectivity index (χ0) is 25.7. The fraction of sp³-hybridized carbons (Fsp3) is 0.200. The first kappa shape index (κ1) is 26.2. The van der Waals surface area contributed by atoms with Gasteiger partial charge in [0, 0.05) is 34.0 Å². The Balaban J connectivity index is 1.46. The van der Waals surface area contributed by atoms with Crippen molar-refractivity contribution in [1.29, 1.82) is 0 Å². The van der Waals surface area contributed by atoms with Gasteiger partial charge in [0.15, 0.2) is 5.16 Å². The molecule has 7 nitrogen and oxygen atoms in total. The van der Waals surface area contributed by atoms with Crippen molar-refractivity contribution < 1.29 is 14.3 Å². The van der Waals surface area contributed by atoms with Crippen molar-refractivity contribution in [3.63, 3.8) is 0 Å². The molecule has 2 heterocycles. The van der Waals surface area contributed by atoms with Crippen molar-refractivity contribution in [2.24, 2.45) is 0 Å². The summed E-state index contributed by atoms with van der Waals surface area (Å²) in [6.45, 7) is 2.67. The third-order valence-corrected chi connectivity index (χ3v) is 7.67. The number of thioether (sulfide) groups is 1. The molecule has 0 aliphatic heterocycles.